The van der Waals surface area contributed by atoms with Crippen LogP contribution >= 0.6 is 0 Å². The number of aromatic amines is 1. The van der Waals surface area contributed by atoms with Crippen molar-refractivity contribution in [1.82, 2.24) is 9.97 Å². The molecule has 0 spiro atoms. The maximum Gasteiger partial charge on any atom is 0.123 e. The van der Waals surface area contributed by atoms with Gasteiger partial charge in [0, 0.05) is 23.4 Å². The highest BCUT2D eigenvalue weighted by Crippen LogP contribution is 2.32. The molecule has 1 fully saturated rings. The lowest BCUT2D eigenvalue weighted by Gasteiger charge is -2.20. The fraction of sp³-hybridized carbons (Fsp3) is 0.500. The predicted octanol–water partition coefficient (Wildman–Crippen LogP) is 1.83. The Morgan fingerprint density at radius 2 is 2.23 bits per heavy atom. The van der Waals surface area contributed by atoms with Crippen LogP contribution in [0.4, 0.5) is 0 Å². The van der Waals surface area contributed by atoms with Crippen molar-refractivity contribution in [2.45, 2.75) is 31.6 Å². The van der Waals surface area contributed by atoms with Gasteiger partial charge in [0.15, 0.2) is 0 Å². The van der Waals surface area contributed by atoms with Crippen molar-refractivity contribution in [3.8, 4) is 0 Å². The summed E-state index contributed by atoms with van der Waals surface area (Å²) in [4.78, 5) is 17.5. The number of H-pyrrole nitrogens is 1. The maximum absolute atomic E-state index is 10.4. The van der Waals surface area contributed by atoms with Gasteiger partial charge in [-0.25, -0.2) is 9.78 Å². The molecule has 1 aromatic heterocycles. The molecule has 68 valence electrons. The van der Waals surface area contributed by atoms with Crippen LogP contribution < -0.4 is 0 Å². The molecular formula is C10H12N2O. The maximum atomic E-state index is 10.4. The minimum atomic E-state index is 0.555. The largest absolute Gasteiger partial charge is 0.348 e. The van der Waals surface area contributed by atoms with Crippen molar-refractivity contribution in [3.05, 3.63) is 23.8 Å². The van der Waals surface area contributed by atoms with Crippen LogP contribution in [0.5, 0.6) is 0 Å². The Morgan fingerprint density at radius 3 is 2.77 bits per heavy atom. The van der Waals surface area contributed by atoms with Crippen molar-refractivity contribution in [3.63, 3.8) is 0 Å². The SMILES string of the molecule is O=C=C1CCC(c2cnc[nH]2)CC1. The molecule has 1 N–H and O–H groups in total. The third-order valence-corrected chi connectivity index (χ3v) is 2.69. The highest BCUT2D eigenvalue weighted by atomic mass is 16.1. The third kappa shape index (κ3) is 1.70. The highest BCUT2D eigenvalue weighted by molar-refractivity contribution is 5.52. The van der Waals surface area contributed by atoms with Crippen molar-refractivity contribution >= 4 is 5.94 Å². The summed E-state index contributed by atoms with van der Waals surface area (Å²) in [6.07, 6.45) is 7.47. The molecule has 0 atom stereocenters. The first-order valence-electron chi connectivity index (χ1n) is 4.61. The second-order valence-electron chi connectivity index (χ2n) is 3.49. The van der Waals surface area contributed by atoms with Gasteiger partial charge >= 0.3 is 0 Å². The van der Waals surface area contributed by atoms with Crippen molar-refractivity contribution in [2.75, 3.05) is 0 Å². The Bertz CT molecular complexity index is 313. The molecule has 1 aliphatic rings. The molecule has 1 saturated carbocycles. The van der Waals surface area contributed by atoms with E-state index in [0.29, 0.717) is 5.92 Å². The summed E-state index contributed by atoms with van der Waals surface area (Å²) in [5.74, 6) is 2.57. The Hall–Kier alpha value is -1.34. The minimum absolute atomic E-state index is 0.555. The zero-order valence-electron chi connectivity index (χ0n) is 7.42. The van der Waals surface area contributed by atoms with Gasteiger partial charge in [-0.3, -0.25) is 0 Å². The van der Waals surface area contributed by atoms with Gasteiger partial charge in [-0.15, -0.1) is 0 Å². The highest BCUT2D eigenvalue weighted by Gasteiger charge is 2.19. The molecule has 0 bridgehead atoms. The summed E-state index contributed by atoms with van der Waals surface area (Å²) in [6, 6.07) is 0. The smallest absolute Gasteiger partial charge is 0.123 e. The normalized spacial score (nSPS) is 22.8. The van der Waals surface area contributed by atoms with Crippen LogP contribution in [0.3, 0.4) is 0 Å². The topological polar surface area (TPSA) is 45.8 Å². The van der Waals surface area contributed by atoms with E-state index in [2.05, 4.69) is 9.97 Å². The first-order chi connectivity index (χ1) is 6.40. The van der Waals surface area contributed by atoms with E-state index in [-0.39, 0.29) is 0 Å². The molecule has 3 heteroatoms. The monoisotopic (exact) mass is 176 g/mol. The summed E-state index contributed by atoms with van der Waals surface area (Å²) in [5, 5.41) is 0. The third-order valence-electron chi connectivity index (χ3n) is 2.69. The molecule has 0 aromatic carbocycles. The van der Waals surface area contributed by atoms with Gasteiger partial charge in [-0.1, -0.05) is 0 Å². The van der Waals surface area contributed by atoms with Gasteiger partial charge in [0.2, 0.25) is 0 Å². The van der Waals surface area contributed by atoms with Gasteiger partial charge < -0.3 is 4.98 Å². The number of carbonyl (C=O) groups excluding carboxylic acids is 1. The van der Waals surface area contributed by atoms with Crippen LogP contribution in [-0.4, -0.2) is 15.9 Å². The van der Waals surface area contributed by atoms with E-state index in [0.717, 1.165) is 31.3 Å². The number of nitrogens with one attached hydrogen (secondary N) is 1. The molecule has 0 saturated heterocycles. The fourth-order valence-corrected chi connectivity index (χ4v) is 1.87. The molecule has 0 radical (unpaired) electrons. The van der Waals surface area contributed by atoms with Crippen molar-refractivity contribution < 1.29 is 4.79 Å². The summed E-state index contributed by atoms with van der Waals surface area (Å²) >= 11 is 0. The molecule has 2 rings (SSSR count). The number of imidazole rings is 1. The summed E-state index contributed by atoms with van der Waals surface area (Å²) in [5.41, 5.74) is 2.14. The fourth-order valence-electron chi connectivity index (χ4n) is 1.87. The average molecular weight is 176 g/mol. The number of hydrogen-bond acceptors (Lipinski definition) is 2. The van der Waals surface area contributed by atoms with Crippen LogP contribution in [0.2, 0.25) is 0 Å². The summed E-state index contributed by atoms with van der Waals surface area (Å²) in [6.45, 7) is 0. The number of allylic oxidation sites excluding steroid dienone is 1. The second-order valence-corrected chi connectivity index (χ2v) is 3.49. The average Bonchev–Trinajstić information content (AvgIpc) is 2.71. The van der Waals surface area contributed by atoms with Gasteiger partial charge in [0.25, 0.3) is 0 Å². The number of rotatable bonds is 1. The Kier molecular flexibility index (Phi) is 2.28. The quantitative estimate of drug-likeness (QED) is 0.663. The van der Waals surface area contributed by atoms with Gasteiger partial charge in [0.05, 0.1) is 6.33 Å². The Labute approximate surface area is 76.9 Å². The van der Waals surface area contributed by atoms with Crippen molar-refractivity contribution in [2.24, 2.45) is 0 Å². The first-order valence-corrected chi connectivity index (χ1v) is 4.61. The van der Waals surface area contributed by atoms with Crippen molar-refractivity contribution in [1.29, 1.82) is 0 Å². The number of nitrogens with zero attached hydrogens (tertiary/aromatic N) is 1. The lowest BCUT2D eigenvalue weighted by atomic mass is 9.85. The zero-order valence-corrected chi connectivity index (χ0v) is 7.42. The van der Waals surface area contributed by atoms with Gasteiger partial charge in [-0.2, -0.15) is 0 Å². The zero-order chi connectivity index (χ0) is 9.10. The van der Waals surface area contributed by atoms with Crippen LogP contribution in [0.25, 0.3) is 0 Å². The minimum Gasteiger partial charge on any atom is -0.348 e. The molecule has 0 amide bonds. The van der Waals surface area contributed by atoms with E-state index in [1.807, 2.05) is 12.1 Å². The summed E-state index contributed by atoms with van der Waals surface area (Å²) < 4.78 is 0. The summed E-state index contributed by atoms with van der Waals surface area (Å²) in [7, 11) is 0. The van der Waals surface area contributed by atoms with E-state index in [1.54, 1.807) is 6.33 Å². The van der Waals surface area contributed by atoms with Crippen LogP contribution in [0.1, 0.15) is 37.3 Å². The molecule has 1 aliphatic carbocycles. The molecule has 0 aliphatic heterocycles. The van der Waals surface area contributed by atoms with Crippen LogP contribution in [0, 0.1) is 0 Å². The second kappa shape index (κ2) is 3.58. The molecule has 3 nitrogen and oxygen atoms in total. The van der Waals surface area contributed by atoms with Crippen LogP contribution in [-0.2, 0) is 4.79 Å². The molecule has 1 aromatic rings. The van der Waals surface area contributed by atoms with E-state index in [4.69, 9.17) is 0 Å². The van der Waals surface area contributed by atoms with E-state index < -0.39 is 0 Å². The van der Waals surface area contributed by atoms with E-state index in [1.165, 1.54) is 5.69 Å². The lowest BCUT2D eigenvalue weighted by molar-refractivity contribution is 0.503. The first kappa shape index (κ1) is 8.27. The van der Waals surface area contributed by atoms with Gasteiger partial charge in [-0.05, 0) is 25.7 Å². The lowest BCUT2D eigenvalue weighted by Crippen LogP contribution is -2.07. The van der Waals surface area contributed by atoms with E-state index in [9.17, 15) is 4.79 Å². The number of hydrogen-bond donors (Lipinski definition) is 1. The van der Waals surface area contributed by atoms with E-state index >= 15 is 0 Å². The van der Waals surface area contributed by atoms with Gasteiger partial charge in [0.1, 0.15) is 5.94 Å². The number of aromatic nitrogens is 2. The van der Waals surface area contributed by atoms with Crippen LogP contribution in [0.15, 0.2) is 18.1 Å². The Morgan fingerprint density at radius 1 is 1.46 bits per heavy atom. The molecule has 13 heavy (non-hydrogen) atoms. The standard InChI is InChI=1S/C10H12N2O/c13-6-8-1-3-9(4-2-8)10-5-11-7-12-10/h5,7,9H,1-4H2,(H,11,12). The molecule has 1 heterocycles. The predicted molar refractivity (Wildman–Crippen MR) is 49.0 cm³/mol. The molecular weight excluding hydrogens is 164 g/mol. The molecule has 0 unspecified atom stereocenters. The Balaban J connectivity index is 2.03.